The van der Waals surface area contributed by atoms with E-state index in [2.05, 4.69) is 4.98 Å². The predicted octanol–water partition coefficient (Wildman–Crippen LogP) is 3.98. The third-order valence-electron chi connectivity index (χ3n) is 3.56. The molecule has 2 aromatic carbocycles. The first-order valence-corrected chi connectivity index (χ1v) is 8.65. The van der Waals surface area contributed by atoms with E-state index in [9.17, 15) is 26.3 Å². The van der Waals surface area contributed by atoms with E-state index in [0.29, 0.717) is 5.69 Å². The van der Waals surface area contributed by atoms with Crippen molar-refractivity contribution in [1.82, 2.24) is 4.98 Å². The summed E-state index contributed by atoms with van der Waals surface area (Å²) in [7, 11) is -1.96. The SMILES string of the molecule is Cc1cccc(P(c2cc(F)c(F)c(F)c2)c2cc(F)c(F)c(F)c2)n1. The second kappa shape index (κ2) is 7.08. The molecule has 3 aromatic rings. The van der Waals surface area contributed by atoms with Crippen LogP contribution in [0.15, 0.2) is 42.5 Å². The van der Waals surface area contributed by atoms with Gasteiger partial charge in [0.2, 0.25) is 0 Å². The zero-order valence-electron chi connectivity index (χ0n) is 13.2. The summed E-state index contributed by atoms with van der Waals surface area (Å²) < 4.78 is 81.4. The Morgan fingerprint density at radius 3 is 1.50 bits per heavy atom. The van der Waals surface area contributed by atoms with Crippen molar-refractivity contribution in [3.05, 3.63) is 83.1 Å². The number of rotatable bonds is 3. The molecule has 0 unspecified atom stereocenters. The quantitative estimate of drug-likeness (QED) is 0.378. The lowest BCUT2D eigenvalue weighted by molar-refractivity contribution is 0.448. The van der Waals surface area contributed by atoms with Gasteiger partial charge in [-0.25, -0.2) is 26.3 Å². The van der Waals surface area contributed by atoms with E-state index in [-0.39, 0.29) is 16.0 Å². The third-order valence-corrected chi connectivity index (χ3v) is 5.81. The van der Waals surface area contributed by atoms with Crippen LogP contribution < -0.4 is 16.0 Å². The Bertz CT molecular complexity index is 888. The zero-order chi connectivity index (χ0) is 19.0. The minimum Gasteiger partial charge on any atom is -0.253 e. The lowest BCUT2D eigenvalue weighted by atomic mass is 10.3. The lowest BCUT2D eigenvalue weighted by Crippen LogP contribution is -2.25. The largest absolute Gasteiger partial charge is 0.253 e. The molecule has 1 aromatic heterocycles. The van der Waals surface area contributed by atoms with Crippen molar-refractivity contribution < 1.29 is 26.3 Å². The molecule has 0 atom stereocenters. The van der Waals surface area contributed by atoms with Gasteiger partial charge < -0.3 is 0 Å². The van der Waals surface area contributed by atoms with Crippen LogP contribution in [0.1, 0.15) is 5.69 Å². The van der Waals surface area contributed by atoms with Crippen molar-refractivity contribution in [1.29, 1.82) is 0 Å². The molecule has 134 valence electrons. The maximum absolute atomic E-state index is 13.7. The number of pyridine rings is 1. The lowest BCUT2D eigenvalue weighted by Gasteiger charge is -2.19. The first-order chi connectivity index (χ1) is 12.3. The normalized spacial score (nSPS) is 11.2. The molecule has 0 amide bonds. The van der Waals surface area contributed by atoms with E-state index < -0.39 is 42.8 Å². The van der Waals surface area contributed by atoms with Crippen molar-refractivity contribution >= 4 is 24.0 Å². The van der Waals surface area contributed by atoms with E-state index in [4.69, 9.17) is 0 Å². The van der Waals surface area contributed by atoms with Crippen LogP contribution in [0.25, 0.3) is 0 Å². The fraction of sp³-hybridized carbons (Fsp3) is 0.0556. The van der Waals surface area contributed by atoms with Crippen LogP contribution in [-0.2, 0) is 0 Å². The predicted molar refractivity (Wildman–Crippen MR) is 87.4 cm³/mol. The summed E-state index contributed by atoms with van der Waals surface area (Å²) in [6, 6.07) is 7.76. The standard InChI is InChI=1S/C18H10F6NP/c1-9-3-2-4-16(25-9)26(10-5-12(19)17(23)13(20)6-10)11-7-14(21)18(24)15(22)8-11/h2-8H,1H3. The Morgan fingerprint density at radius 1 is 0.692 bits per heavy atom. The molecule has 0 radical (unpaired) electrons. The molecular weight excluding hydrogens is 375 g/mol. The average molecular weight is 385 g/mol. The number of aromatic nitrogens is 1. The smallest absolute Gasteiger partial charge is 0.194 e. The highest BCUT2D eigenvalue weighted by Crippen LogP contribution is 2.34. The number of hydrogen-bond donors (Lipinski definition) is 0. The molecule has 0 saturated carbocycles. The number of hydrogen-bond acceptors (Lipinski definition) is 1. The van der Waals surface area contributed by atoms with E-state index in [1.807, 2.05) is 0 Å². The van der Waals surface area contributed by atoms with Crippen LogP contribution in [0, 0.1) is 41.8 Å². The van der Waals surface area contributed by atoms with Crippen molar-refractivity contribution in [3.63, 3.8) is 0 Å². The first kappa shape index (κ1) is 18.4. The second-order valence-electron chi connectivity index (χ2n) is 5.42. The Labute approximate surface area is 146 Å². The Kier molecular flexibility index (Phi) is 5.01. The fourth-order valence-electron chi connectivity index (χ4n) is 2.41. The summed E-state index contributed by atoms with van der Waals surface area (Å²) in [5.41, 5.74) is 0.830. The Morgan fingerprint density at radius 2 is 1.12 bits per heavy atom. The molecule has 0 aliphatic heterocycles. The minimum atomic E-state index is -1.96. The zero-order valence-corrected chi connectivity index (χ0v) is 14.1. The van der Waals surface area contributed by atoms with Crippen LogP contribution in [0.3, 0.4) is 0 Å². The summed E-state index contributed by atoms with van der Waals surface area (Å²) in [6.45, 7) is 1.66. The molecule has 8 heteroatoms. The summed E-state index contributed by atoms with van der Waals surface area (Å²) in [5.74, 6) is -9.08. The van der Waals surface area contributed by atoms with Gasteiger partial charge in [0.1, 0.15) is 0 Å². The highest BCUT2D eigenvalue weighted by atomic mass is 31.1. The number of aryl methyl sites for hydroxylation is 1. The number of benzene rings is 2. The van der Waals surface area contributed by atoms with Gasteiger partial charge in [0, 0.05) is 13.6 Å². The van der Waals surface area contributed by atoms with Crippen molar-refractivity contribution in [3.8, 4) is 0 Å². The van der Waals surface area contributed by atoms with Crippen molar-refractivity contribution in [2.75, 3.05) is 0 Å². The van der Waals surface area contributed by atoms with Gasteiger partial charge in [-0.1, -0.05) is 6.07 Å². The van der Waals surface area contributed by atoms with E-state index in [1.54, 1.807) is 19.1 Å². The van der Waals surface area contributed by atoms with Crippen LogP contribution >= 0.6 is 7.92 Å². The summed E-state index contributed by atoms with van der Waals surface area (Å²) in [4.78, 5) is 4.24. The van der Waals surface area contributed by atoms with Crippen LogP contribution in [0.4, 0.5) is 26.3 Å². The second-order valence-corrected chi connectivity index (χ2v) is 7.58. The molecule has 26 heavy (non-hydrogen) atoms. The molecule has 0 aliphatic rings. The summed E-state index contributed by atoms with van der Waals surface area (Å²) in [5, 5.41) is -0.111. The fourth-order valence-corrected chi connectivity index (χ4v) is 4.70. The Hall–Kier alpha value is -2.40. The van der Waals surface area contributed by atoms with E-state index in [0.717, 1.165) is 24.3 Å². The van der Waals surface area contributed by atoms with Crippen LogP contribution in [0.2, 0.25) is 0 Å². The summed E-state index contributed by atoms with van der Waals surface area (Å²) >= 11 is 0. The van der Waals surface area contributed by atoms with Crippen molar-refractivity contribution in [2.45, 2.75) is 6.92 Å². The van der Waals surface area contributed by atoms with Crippen LogP contribution in [0.5, 0.6) is 0 Å². The number of halogens is 6. The van der Waals surface area contributed by atoms with Crippen molar-refractivity contribution in [2.24, 2.45) is 0 Å². The highest BCUT2D eigenvalue weighted by Gasteiger charge is 2.24. The molecule has 1 nitrogen and oxygen atoms in total. The average Bonchev–Trinajstić information content (AvgIpc) is 2.57. The van der Waals surface area contributed by atoms with Crippen LogP contribution in [-0.4, -0.2) is 4.98 Å². The monoisotopic (exact) mass is 385 g/mol. The van der Waals surface area contributed by atoms with Gasteiger partial charge >= 0.3 is 0 Å². The Balaban J connectivity index is 2.27. The molecule has 3 rings (SSSR count). The topological polar surface area (TPSA) is 12.9 Å². The molecule has 0 saturated heterocycles. The molecule has 0 bridgehead atoms. The molecule has 0 aliphatic carbocycles. The minimum absolute atomic E-state index is 0.0556. The van der Waals surface area contributed by atoms with Gasteiger partial charge in [0.25, 0.3) is 0 Å². The van der Waals surface area contributed by atoms with E-state index in [1.165, 1.54) is 6.07 Å². The molecule has 0 spiro atoms. The molecule has 1 heterocycles. The third kappa shape index (κ3) is 3.44. The maximum atomic E-state index is 13.7. The summed E-state index contributed by atoms with van der Waals surface area (Å²) in [6.07, 6.45) is 0. The van der Waals surface area contributed by atoms with Gasteiger partial charge in [0.15, 0.2) is 34.9 Å². The maximum Gasteiger partial charge on any atom is 0.194 e. The van der Waals surface area contributed by atoms with Gasteiger partial charge in [0.05, 0.1) is 5.44 Å². The molecule has 0 fully saturated rings. The molecule has 0 N–H and O–H groups in total. The number of nitrogens with zero attached hydrogens (tertiary/aromatic N) is 1. The highest BCUT2D eigenvalue weighted by molar-refractivity contribution is 7.79. The van der Waals surface area contributed by atoms with Gasteiger partial charge in [-0.05, 0) is 53.9 Å². The van der Waals surface area contributed by atoms with Gasteiger partial charge in [-0.15, -0.1) is 0 Å². The van der Waals surface area contributed by atoms with Gasteiger partial charge in [-0.3, -0.25) is 4.98 Å². The molecular formula is C18H10F6NP. The first-order valence-electron chi connectivity index (χ1n) is 7.31. The van der Waals surface area contributed by atoms with Gasteiger partial charge in [-0.2, -0.15) is 0 Å². The van der Waals surface area contributed by atoms with E-state index >= 15 is 0 Å².